The van der Waals surface area contributed by atoms with E-state index < -0.39 is 5.97 Å². The molecule has 0 bridgehead atoms. The van der Waals surface area contributed by atoms with Gasteiger partial charge in [0.25, 0.3) is 5.97 Å². The van der Waals surface area contributed by atoms with Gasteiger partial charge in [-0.25, -0.2) is 0 Å². The van der Waals surface area contributed by atoms with Gasteiger partial charge in [-0.2, -0.15) is 0 Å². The molecule has 0 amide bonds. The summed E-state index contributed by atoms with van der Waals surface area (Å²) >= 11 is 0. The molecule has 0 aromatic carbocycles. The lowest BCUT2D eigenvalue weighted by atomic mass is 10.6. The zero-order chi connectivity index (χ0) is 13.0. The van der Waals surface area contributed by atoms with Crippen LogP contribution in [0.25, 0.3) is 0 Å². The second-order valence-electron chi connectivity index (χ2n) is 3.39. The van der Waals surface area contributed by atoms with E-state index in [9.17, 15) is 0 Å². The van der Waals surface area contributed by atoms with Crippen molar-refractivity contribution in [3.8, 4) is 0 Å². The van der Waals surface area contributed by atoms with Gasteiger partial charge in [0, 0.05) is 28.3 Å². The summed E-state index contributed by atoms with van der Waals surface area (Å²) in [6.07, 6.45) is 0. The molecule has 0 aromatic heterocycles. The first-order chi connectivity index (χ1) is 8.18. The van der Waals surface area contributed by atoms with Crippen LogP contribution in [0.2, 0.25) is 0 Å². The van der Waals surface area contributed by atoms with Crippen LogP contribution in [-0.2, 0) is 28.4 Å². The normalized spacial score (nSPS) is 12.0. The second kappa shape index (κ2) is 10.9. The summed E-state index contributed by atoms with van der Waals surface area (Å²) < 4.78 is 31.2. The molecule has 0 rings (SSSR count). The van der Waals surface area contributed by atoms with Crippen LogP contribution >= 0.6 is 0 Å². The predicted octanol–water partition coefficient (Wildman–Crippen LogP) is 0.649. The van der Waals surface area contributed by atoms with Gasteiger partial charge < -0.3 is 28.4 Å². The molecule has 104 valence electrons. The van der Waals surface area contributed by atoms with Gasteiger partial charge >= 0.3 is 0 Å². The third-order valence-corrected chi connectivity index (χ3v) is 1.96. The van der Waals surface area contributed by atoms with Crippen molar-refractivity contribution in [1.82, 2.24) is 0 Å². The zero-order valence-corrected chi connectivity index (χ0v) is 11.2. The highest BCUT2D eigenvalue weighted by atomic mass is 16.9. The van der Waals surface area contributed by atoms with Gasteiger partial charge in [-0.3, -0.25) is 0 Å². The lowest BCUT2D eigenvalue weighted by Crippen LogP contribution is -2.38. The SMILES string of the molecule is COCCOC(C)(OCCOC)OCCOC. The summed E-state index contributed by atoms with van der Waals surface area (Å²) in [4.78, 5) is 0. The van der Waals surface area contributed by atoms with Crippen molar-refractivity contribution in [1.29, 1.82) is 0 Å². The fourth-order valence-corrected chi connectivity index (χ4v) is 1.06. The lowest BCUT2D eigenvalue weighted by molar-refractivity contribution is -0.374. The number of hydrogen-bond acceptors (Lipinski definition) is 6. The number of methoxy groups -OCH3 is 3. The van der Waals surface area contributed by atoms with E-state index in [0.29, 0.717) is 39.6 Å². The average molecular weight is 252 g/mol. The summed E-state index contributed by atoms with van der Waals surface area (Å²) in [5.74, 6) is -1.09. The van der Waals surface area contributed by atoms with E-state index in [1.165, 1.54) is 0 Å². The molecule has 0 aliphatic rings. The fourth-order valence-electron chi connectivity index (χ4n) is 1.06. The molecule has 0 saturated heterocycles. The molecule has 6 heteroatoms. The van der Waals surface area contributed by atoms with E-state index in [4.69, 9.17) is 28.4 Å². The minimum atomic E-state index is -1.09. The Morgan fingerprint density at radius 2 is 0.882 bits per heavy atom. The molecule has 6 nitrogen and oxygen atoms in total. The van der Waals surface area contributed by atoms with Gasteiger partial charge in [0.1, 0.15) is 0 Å². The van der Waals surface area contributed by atoms with E-state index in [1.807, 2.05) is 0 Å². The number of ether oxygens (including phenoxy) is 6. The van der Waals surface area contributed by atoms with E-state index in [1.54, 1.807) is 28.3 Å². The highest BCUT2D eigenvalue weighted by molar-refractivity contribution is 4.49. The maximum Gasteiger partial charge on any atom is 0.280 e. The topological polar surface area (TPSA) is 55.4 Å². The smallest absolute Gasteiger partial charge is 0.280 e. The average Bonchev–Trinajstić information content (AvgIpc) is 2.30. The van der Waals surface area contributed by atoms with Crippen LogP contribution in [0.15, 0.2) is 0 Å². The maximum atomic E-state index is 5.48. The predicted molar refractivity (Wildman–Crippen MR) is 61.9 cm³/mol. The van der Waals surface area contributed by atoms with Gasteiger partial charge in [0.15, 0.2) is 0 Å². The van der Waals surface area contributed by atoms with Crippen LogP contribution in [0.4, 0.5) is 0 Å². The first kappa shape index (κ1) is 16.8. The zero-order valence-electron chi connectivity index (χ0n) is 11.2. The Bertz CT molecular complexity index is 138. The standard InChI is InChI=1S/C11H24O6/c1-11(15-8-5-12-2,16-9-6-13-3)17-10-7-14-4/h5-10H2,1-4H3. The van der Waals surface area contributed by atoms with Crippen LogP contribution in [0.5, 0.6) is 0 Å². The van der Waals surface area contributed by atoms with Gasteiger partial charge in [-0.1, -0.05) is 0 Å². The fraction of sp³-hybridized carbons (Fsp3) is 1.00. The molecule has 0 heterocycles. The van der Waals surface area contributed by atoms with Crippen LogP contribution in [0.3, 0.4) is 0 Å². The summed E-state index contributed by atoms with van der Waals surface area (Å²) in [6.45, 7) is 4.35. The second-order valence-corrected chi connectivity index (χ2v) is 3.39. The Morgan fingerprint density at radius 3 is 1.12 bits per heavy atom. The van der Waals surface area contributed by atoms with Crippen molar-refractivity contribution in [2.75, 3.05) is 61.0 Å². The summed E-state index contributed by atoms with van der Waals surface area (Å²) in [5.41, 5.74) is 0. The number of rotatable bonds is 12. The molecule has 17 heavy (non-hydrogen) atoms. The van der Waals surface area contributed by atoms with Crippen LogP contribution in [0, 0.1) is 0 Å². The first-order valence-electron chi connectivity index (χ1n) is 5.57. The van der Waals surface area contributed by atoms with E-state index in [0.717, 1.165) is 0 Å². The Balaban J connectivity index is 3.95. The van der Waals surface area contributed by atoms with Gasteiger partial charge in [0.05, 0.1) is 39.6 Å². The minimum absolute atomic E-state index is 0.396. The Morgan fingerprint density at radius 1 is 0.588 bits per heavy atom. The van der Waals surface area contributed by atoms with E-state index in [2.05, 4.69) is 0 Å². The van der Waals surface area contributed by atoms with Crippen molar-refractivity contribution in [3.05, 3.63) is 0 Å². The largest absolute Gasteiger partial charge is 0.382 e. The summed E-state index contributed by atoms with van der Waals surface area (Å²) in [6, 6.07) is 0. The van der Waals surface area contributed by atoms with Crippen LogP contribution < -0.4 is 0 Å². The van der Waals surface area contributed by atoms with Gasteiger partial charge in [-0.05, 0) is 0 Å². The highest BCUT2D eigenvalue weighted by Crippen LogP contribution is 2.14. The maximum absolute atomic E-state index is 5.48. The summed E-state index contributed by atoms with van der Waals surface area (Å²) in [7, 11) is 4.83. The van der Waals surface area contributed by atoms with Crippen molar-refractivity contribution in [2.24, 2.45) is 0 Å². The molecular weight excluding hydrogens is 228 g/mol. The third-order valence-electron chi connectivity index (χ3n) is 1.96. The van der Waals surface area contributed by atoms with E-state index >= 15 is 0 Å². The third kappa shape index (κ3) is 9.46. The van der Waals surface area contributed by atoms with Gasteiger partial charge in [0.2, 0.25) is 0 Å². The molecular formula is C11H24O6. The lowest BCUT2D eigenvalue weighted by Gasteiger charge is -2.29. The van der Waals surface area contributed by atoms with Gasteiger partial charge in [-0.15, -0.1) is 0 Å². The van der Waals surface area contributed by atoms with Crippen LogP contribution in [0.1, 0.15) is 6.92 Å². The molecule has 0 saturated carbocycles. The monoisotopic (exact) mass is 252 g/mol. The quantitative estimate of drug-likeness (QED) is 0.375. The van der Waals surface area contributed by atoms with E-state index in [-0.39, 0.29) is 0 Å². The molecule has 0 spiro atoms. The Kier molecular flexibility index (Phi) is 10.7. The molecule has 0 N–H and O–H groups in total. The molecule has 0 atom stereocenters. The van der Waals surface area contributed by atoms with Crippen molar-refractivity contribution >= 4 is 0 Å². The molecule has 0 fully saturated rings. The van der Waals surface area contributed by atoms with Crippen LogP contribution in [-0.4, -0.2) is 66.9 Å². The molecule has 0 aliphatic carbocycles. The highest BCUT2D eigenvalue weighted by Gasteiger charge is 2.26. The Hall–Kier alpha value is -0.240. The molecule has 0 aromatic rings. The molecule has 0 unspecified atom stereocenters. The Labute approximate surface area is 103 Å². The molecule has 0 aliphatic heterocycles. The molecule has 0 radical (unpaired) electrons. The van der Waals surface area contributed by atoms with Crippen molar-refractivity contribution < 1.29 is 28.4 Å². The summed E-state index contributed by atoms with van der Waals surface area (Å²) in [5, 5.41) is 0. The number of hydrogen-bond donors (Lipinski definition) is 0. The first-order valence-corrected chi connectivity index (χ1v) is 5.57. The van der Waals surface area contributed by atoms with Crippen molar-refractivity contribution in [3.63, 3.8) is 0 Å². The van der Waals surface area contributed by atoms with Crippen molar-refractivity contribution in [2.45, 2.75) is 12.9 Å². The minimum Gasteiger partial charge on any atom is -0.382 e.